The highest BCUT2D eigenvalue weighted by Gasteiger charge is 2.12. The van der Waals surface area contributed by atoms with Gasteiger partial charge in [0.05, 0.1) is 16.8 Å². The van der Waals surface area contributed by atoms with Crippen LogP contribution in [0.4, 0.5) is 5.95 Å². The van der Waals surface area contributed by atoms with E-state index in [0.29, 0.717) is 5.82 Å². The number of rotatable bonds is 3. The zero-order valence-corrected chi connectivity index (χ0v) is 13.0. The van der Waals surface area contributed by atoms with E-state index < -0.39 is 0 Å². The summed E-state index contributed by atoms with van der Waals surface area (Å²) in [6, 6.07) is 12.2. The molecule has 4 rings (SSSR count). The highest BCUT2D eigenvalue weighted by molar-refractivity contribution is 7.23. The van der Waals surface area contributed by atoms with E-state index in [1.807, 2.05) is 6.07 Å². The molecule has 4 aromatic rings. The van der Waals surface area contributed by atoms with Crippen LogP contribution in [0.3, 0.4) is 0 Å². The zero-order chi connectivity index (χ0) is 14.9. The lowest BCUT2D eigenvalue weighted by atomic mass is 10.3. The third-order valence-electron chi connectivity index (χ3n) is 3.14. The van der Waals surface area contributed by atoms with Gasteiger partial charge >= 0.3 is 0 Å². The predicted octanol–water partition coefficient (Wildman–Crippen LogP) is 3.70. The van der Waals surface area contributed by atoms with Gasteiger partial charge in [0, 0.05) is 22.0 Å². The smallest absolute Gasteiger partial charge is 0.221 e. The molecule has 0 aliphatic carbocycles. The third-order valence-corrected chi connectivity index (χ3v) is 5.32. The minimum absolute atomic E-state index is 0.240. The molecule has 0 unspecified atom stereocenters. The first kappa shape index (κ1) is 13.2. The van der Waals surface area contributed by atoms with Crippen molar-refractivity contribution in [3.8, 4) is 26.1 Å². The quantitative estimate of drug-likeness (QED) is 0.623. The minimum atomic E-state index is 0.240. The normalized spacial score (nSPS) is 10.9. The maximum absolute atomic E-state index is 5.66. The molecule has 0 aromatic carbocycles. The number of hydrogen-bond donors (Lipinski definition) is 1. The van der Waals surface area contributed by atoms with Crippen molar-refractivity contribution in [2.24, 2.45) is 0 Å². The van der Waals surface area contributed by atoms with Crippen LogP contribution in [0, 0.1) is 0 Å². The molecule has 0 saturated heterocycles. The van der Waals surface area contributed by atoms with E-state index in [1.54, 1.807) is 45.8 Å². The first-order valence-corrected chi connectivity index (χ1v) is 8.28. The number of aromatic nitrogens is 4. The maximum Gasteiger partial charge on any atom is 0.221 e. The van der Waals surface area contributed by atoms with Gasteiger partial charge in [0.25, 0.3) is 0 Å². The molecule has 0 atom stereocenters. The van der Waals surface area contributed by atoms with Crippen molar-refractivity contribution >= 4 is 28.6 Å². The Bertz CT molecular complexity index is 908. The third kappa shape index (κ3) is 2.30. The Morgan fingerprint density at radius 1 is 0.955 bits per heavy atom. The fourth-order valence-corrected chi connectivity index (χ4v) is 4.03. The Morgan fingerprint density at radius 2 is 1.86 bits per heavy atom. The molecule has 0 saturated carbocycles. The summed E-state index contributed by atoms with van der Waals surface area (Å²) in [5.41, 5.74) is 6.65. The largest absolute Gasteiger partial charge is 0.368 e. The van der Waals surface area contributed by atoms with Gasteiger partial charge in [-0.3, -0.25) is 0 Å². The Balaban J connectivity index is 1.77. The fourth-order valence-electron chi connectivity index (χ4n) is 2.18. The van der Waals surface area contributed by atoms with Crippen LogP contribution in [0.1, 0.15) is 0 Å². The fraction of sp³-hybridized carbons (Fsp3) is 0. The van der Waals surface area contributed by atoms with Crippen LogP contribution >= 0.6 is 22.7 Å². The molecule has 2 N–H and O–H groups in total. The highest BCUT2D eigenvalue weighted by Crippen LogP contribution is 2.36. The number of nitrogens with two attached hydrogens (primary N) is 1. The standard InChI is InChI=1S/C15H11N5S2/c16-15-17-7-6-14(19-15)20-10(5-8-18-20)11-3-4-13(22-11)12-2-1-9-21-12/h1-9H,(H2,16,17,19). The van der Waals surface area contributed by atoms with E-state index in [1.165, 1.54) is 9.75 Å². The van der Waals surface area contributed by atoms with E-state index in [2.05, 4.69) is 44.7 Å². The van der Waals surface area contributed by atoms with Crippen LogP contribution in [0.15, 0.2) is 54.2 Å². The van der Waals surface area contributed by atoms with Gasteiger partial charge in [-0.05, 0) is 29.6 Å². The average molecular weight is 325 g/mol. The number of hydrogen-bond acceptors (Lipinski definition) is 6. The molecule has 0 radical (unpaired) electrons. The molecular formula is C15H11N5S2. The number of nitrogens with zero attached hydrogens (tertiary/aromatic N) is 4. The van der Waals surface area contributed by atoms with Gasteiger partial charge in [-0.2, -0.15) is 10.1 Å². The maximum atomic E-state index is 5.66. The van der Waals surface area contributed by atoms with Crippen LogP contribution in [0.5, 0.6) is 0 Å². The summed E-state index contributed by atoms with van der Waals surface area (Å²) < 4.78 is 1.78. The van der Waals surface area contributed by atoms with Gasteiger partial charge in [-0.1, -0.05) is 6.07 Å². The topological polar surface area (TPSA) is 69.6 Å². The molecule has 22 heavy (non-hydrogen) atoms. The van der Waals surface area contributed by atoms with Crippen LogP contribution in [0.25, 0.3) is 26.1 Å². The molecule has 4 heterocycles. The van der Waals surface area contributed by atoms with Crippen LogP contribution in [-0.2, 0) is 0 Å². The van der Waals surface area contributed by atoms with Gasteiger partial charge in [-0.15, -0.1) is 22.7 Å². The lowest BCUT2D eigenvalue weighted by molar-refractivity contribution is 0.851. The molecule has 4 aromatic heterocycles. The Kier molecular flexibility index (Phi) is 3.21. The van der Waals surface area contributed by atoms with Crippen molar-refractivity contribution in [1.82, 2.24) is 19.7 Å². The van der Waals surface area contributed by atoms with Crippen molar-refractivity contribution in [3.63, 3.8) is 0 Å². The number of thiophene rings is 2. The summed E-state index contributed by atoms with van der Waals surface area (Å²) in [6.45, 7) is 0. The second-order valence-corrected chi connectivity index (χ2v) is 6.57. The van der Waals surface area contributed by atoms with Gasteiger partial charge in [0.2, 0.25) is 5.95 Å². The average Bonchev–Trinajstić information content (AvgIpc) is 3.27. The van der Waals surface area contributed by atoms with E-state index in [9.17, 15) is 0 Å². The molecule has 0 bridgehead atoms. The molecule has 0 fully saturated rings. The van der Waals surface area contributed by atoms with Crippen molar-refractivity contribution in [1.29, 1.82) is 0 Å². The molecular weight excluding hydrogens is 314 g/mol. The molecule has 108 valence electrons. The van der Waals surface area contributed by atoms with Gasteiger partial charge < -0.3 is 5.73 Å². The monoisotopic (exact) mass is 325 g/mol. The second-order valence-electron chi connectivity index (χ2n) is 4.54. The summed E-state index contributed by atoms with van der Waals surface area (Å²) >= 11 is 3.48. The molecule has 0 aliphatic rings. The lowest BCUT2D eigenvalue weighted by Crippen LogP contribution is -2.04. The van der Waals surface area contributed by atoms with Crippen LogP contribution in [0.2, 0.25) is 0 Å². The lowest BCUT2D eigenvalue weighted by Gasteiger charge is -2.05. The van der Waals surface area contributed by atoms with Crippen LogP contribution in [-0.4, -0.2) is 19.7 Å². The first-order chi connectivity index (χ1) is 10.8. The molecule has 0 amide bonds. The van der Waals surface area contributed by atoms with Gasteiger partial charge in [0.15, 0.2) is 5.82 Å². The van der Waals surface area contributed by atoms with E-state index in [0.717, 1.165) is 10.6 Å². The second kappa shape index (κ2) is 5.36. The Hall–Kier alpha value is -2.51. The Morgan fingerprint density at radius 3 is 2.68 bits per heavy atom. The SMILES string of the molecule is Nc1nccc(-n2nccc2-c2ccc(-c3cccs3)s2)n1. The van der Waals surface area contributed by atoms with Crippen molar-refractivity contribution in [2.45, 2.75) is 0 Å². The van der Waals surface area contributed by atoms with E-state index in [4.69, 9.17) is 5.73 Å². The summed E-state index contributed by atoms with van der Waals surface area (Å²) in [5.74, 6) is 0.906. The predicted molar refractivity (Wildman–Crippen MR) is 90.2 cm³/mol. The van der Waals surface area contributed by atoms with Gasteiger partial charge in [0.1, 0.15) is 0 Å². The van der Waals surface area contributed by atoms with Crippen molar-refractivity contribution in [2.75, 3.05) is 5.73 Å². The summed E-state index contributed by atoms with van der Waals surface area (Å²) in [6.07, 6.45) is 3.40. The van der Waals surface area contributed by atoms with Crippen molar-refractivity contribution in [3.05, 3.63) is 54.2 Å². The number of nitrogen functional groups attached to an aromatic ring is 1. The Labute approximate surface area is 134 Å². The van der Waals surface area contributed by atoms with Gasteiger partial charge in [-0.25, -0.2) is 9.67 Å². The van der Waals surface area contributed by atoms with Crippen molar-refractivity contribution < 1.29 is 0 Å². The summed E-state index contributed by atoms with van der Waals surface area (Å²) in [7, 11) is 0. The first-order valence-electron chi connectivity index (χ1n) is 6.58. The minimum Gasteiger partial charge on any atom is -0.368 e. The molecule has 0 aliphatic heterocycles. The molecule has 0 spiro atoms. The zero-order valence-electron chi connectivity index (χ0n) is 11.4. The van der Waals surface area contributed by atoms with E-state index >= 15 is 0 Å². The highest BCUT2D eigenvalue weighted by atomic mass is 32.1. The van der Waals surface area contributed by atoms with Crippen LogP contribution < -0.4 is 5.73 Å². The summed E-state index contributed by atoms with van der Waals surface area (Å²) in [4.78, 5) is 11.8. The number of anilines is 1. The van der Waals surface area contributed by atoms with E-state index in [-0.39, 0.29) is 5.95 Å². The summed E-state index contributed by atoms with van der Waals surface area (Å²) in [5, 5.41) is 6.44. The molecule has 5 nitrogen and oxygen atoms in total. The molecule has 7 heteroatoms.